The van der Waals surface area contributed by atoms with Gasteiger partial charge >= 0.3 is 5.97 Å². The van der Waals surface area contributed by atoms with Gasteiger partial charge in [0.05, 0.1) is 6.04 Å². The fourth-order valence-electron chi connectivity index (χ4n) is 2.85. The third-order valence-corrected chi connectivity index (χ3v) is 5.07. The molecule has 0 heterocycles. The van der Waals surface area contributed by atoms with E-state index in [4.69, 9.17) is 11.5 Å². The first-order chi connectivity index (χ1) is 15.2. The van der Waals surface area contributed by atoms with E-state index < -0.39 is 47.9 Å². The van der Waals surface area contributed by atoms with Crippen LogP contribution in [0.3, 0.4) is 0 Å². The highest BCUT2D eigenvalue weighted by atomic mass is 32.1. The van der Waals surface area contributed by atoms with Crippen LogP contribution in [0.25, 0.3) is 0 Å². The minimum absolute atomic E-state index is 0.106. The number of hydrogen-bond acceptors (Lipinski definition) is 7. The van der Waals surface area contributed by atoms with Crippen molar-refractivity contribution >= 4 is 36.3 Å². The van der Waals surface area contributed by atoms with Gasteiger partial charge in [-0.25, -0.2) is 4.79 Å². The van der Waals surface area contributed by atoms with Crippen LogP contribution in [0.5, 0.6) is 0 Å². The molecule has 1 aromatic rings. The molecule has 1 rings (SSSR count). The van der Waals surface area contributed by atoms with Crippen molar-refractivity contribution in [2.75, 3.05) is 12.3 Å². The number of carbonyl (C=O) groups excluding carboxylic acids is 3. The molecule has 178 valence electrons. The molecule has 0 radical (unpaired) electrons. The van der Waals surface area contributed by atoms with Gasteiger partial charge in [-0.05, 0) is 38.3 Å². The molecule has 10 nitrogen and oxygen atoms in total. The number of benzene rings is 1. The fourth-order valence-corrected chi connectivity index (χ4v) is 3.10. The second-order valence-electron chi connectivity index (χ2n) is 7.47. The van der Waals surface area contributed by atoms with Crippen molar-refractivity contribution in [3.8, 4) is 0 Å². The molecule has 4 atom stereocenters. The lowest BCUT2D eigenvalue weighted by Crippen LogP contribution is -2.57. The Bertz CT molecular complexity index is 762. The van der Waals surface area contributed by atoms with Crippen LogP contribution < -0.4 is 27.4 Å². The number of thiol groups is 1. The van der Waals surface area contributed by atoms with Gasteiger partial charge in [0.2, 0.25) is 17.7 Å². The van der Waals surface area contributed by atoms with Crippen LogP contribution in [-0.2, 0) is 25.6 Å². The molecule has 0 aliphatic heterocycles. The summed E-state index contributed by atoms with van der Waals surface area (Å²) in [6, 6.07) is 5.09. The zero-order valence-electron chi connectivity index (χ0n) is 18.1. The zero-order chi connectivity index (χ0) is 24.1. The van der Waals surface area contributed by atoms with Crippen molar-refractivity contribution < 1.29 is 24.3 Å². The summed E-state index contributed by atoms with van der Waals surface area (Å²) in [5, 5.41) is 16.8. The van der Waals surface area contributed by atoms with Crippen molar-refractivity contribution in [3.05, 3.63) is 35.9 Å². The summed E-state index contributed by atoms with van der Waals surface area (Å²) >= 11 is 3.94. The number of amides is 3. The van der Waals surface area contributed by atoms with E-state index in [-0.39, 0.29) is 18.6 Å². The quantitative estimate of drug-likeness (QED) is 0.138. The lowest BCUT2D eigenvalue weighted by atomic mass is 10.0. The summed E-state index contributed by atoms with van der Waals surface area (Å²) in [5.74, 6) is -3.06. The van der Waals surface area contributed by atoms with Gasteiger partial charge < -0.3 is 32.5 Å². The maximum Gasteiger partial charge on any atom is 0.327 e. The molecule has 32 heavy (non-hydrogen) atoms. The monoisotopic (exact) mass is 467 g/mol. The Balaban J connectivity index is 3.01. The molecule has 11 heteroatoms. The third-order valence-electron chi connectivity index (χ3n) is 4.71. The number of carboxylic acids is 1. The van der Waals surface area contributed by atoms with Gasteiger partial charge in [-0.2, -0.15) is 12.6 Å². The van der Waals surface area contributed by atoms with E-state index in [1.807, 2.05) is 30.3 Å². The highest BCUT2D eigenvalue weighted by Crippen LogP contribution is 2.07. The molecule has 4 unspecified atom stereocenters. The number of rotatable bonds is 14. The third kappa shape index (κ3) is 9.67. The SMILES string of the molecule is CC(N)C(=O)NC(Cc1ccccc1)C(=O)NC(CCCCN)C(=O)NC(CS)C(=O)O. The molecular formula is C21H33N5O5S. The van der Waals surface area contributed by atoms with Gasteiger partial charge in [-0.3, -0.25) is 14.4 Å². The minimum atomic E-state index is -1.23. The molecule has 0 bridgehead atoms. The molecule has 8 N–H and O–H groups in total. The first-order valence-electron chi connectivity index (χ1n) is 10.4. The molecule has 0 aliphatic rings. The number of aliphatic carboxylic acids is 1. The van der Waals surface area contributed by atoms with E-state index in [1.165, 1.54) is 6.92 Å². The van der Waals surface area contributed by atoms with E-state index in [0.717, 1.165) is 5.56 Å². The normalized spacial score (nSPS) is 14.5. The number of carboxylic acid groups (broad SMARTS) is 1. The Labute approximate surface area is 193 Å². The Kier molecular flexibility index (Phi) is 12.4. The topological polar surface area (TPSA) is 177 Å². The molecule has 0 spiro atoms. The largest absolute Gasteiger partial charge is 0.480 e. The van der Waals surface area contributed by atoms with Crippen molar-refractivity contribution in [2.24, 2.45) is 11.5 Å². The zero-order valence-corrected chi connectivity index (χ0v) is 19.0. The summed E-state index contributed by atoms with van der Waals surface area (Å²) in [6.07, 6.45) is 1.62. The highest BCUT2D eigenvalue weighted by Gasteiger charge is 2.29. The molecule has 0 aliphatic carbocycles. The van der Waals surface area contributed by atoms with Crippen LogP contribution in [0.4, 0.5) is 0 Å². The smallest absolute Gasteiger partial charge is 0.327 e. The van der Waals surface area contributed by atoms with Crippen molar-refractivity contribution in [2.45, 2.75) is 56.8 Å². The summed E-state index contributed by atoms with van der Waals surface area (Å²) in [5.41, 5.74) is 11.9. The average molecular weight is 468 g/mol. The first-order valence-corrected chi connectivity index (χ1v) is 11.1. The molecule has 0 aromatic heterocycles. The number of hydrogen-bond donors (Lipinski definition) is 7. The molecular weight excluding hydrogens is 434 g/mol. The number of nitrogens with two attached hydrogens (primary N) is 2. The first kappa shape index (κ1) is 27.4. The van der Waals surface area contributed by atoms with Crippen LogP contribution in [0.2, 0.25) is 0 Å². The standard InChI is InChI=1S/C21H33N5O5S/c1-13(23)18(27)25-16(11-14-7-3-2-4-8-14)20(29)24-15(9-5-6-10-22)19(28)26-17(12-32)21(30)31/h2-4,7-8,13,15-17,32H,5-6,9-12,22-23H2,1H3,(H,24,29)(H,25,27)(H,26,28)(H,30,31). The van der Waals surface area contributed by atoms with Crippen molar-refractivity contribution in [1.82, 2.24) is 16.0 Å². The Morgan fingerprint density at radius 3 is 2.03 bits per heavy atom. The number of carbonyl (C=O) groups is 4. The van der Waals surface area contributed by atoms with Crippen LogP contribution in [0.1, 0.15) is 31.7 Å². The maximum atomic E-state index is 13.0. The lowest BCUT2D eigenvalue weighted by Gasteiger charge is -2.25. The van der Waals surface area contributed by atoms with E-state index in [1.54, 1.807) is 0 Å². The Morgan fingerprint density at radius 2 is 1.50 bits per heavy atom. The molecule has 0 saturated carbocycles. The maximum absolute atomic E-state index is 13.0. The van der Waals surface area contributed by atoms with E-state index in [0.29, 0.717) is 19.4 Å². The van der Waals surface area contributed by atoms with Crippen LogP contribution in [-0.4, -0.2) is 65.3 Å². The van der Waals surface area contributed by atoms with Gasteiger partial charge in [0.15, 0.2) is 0 Å². The van der Waals surface area contributed by atoms with Crippen molar-refractivity contribution in [1.29, 1.82) is 0 Å². The van der Waals surface area contributed by atoms with Crippen LogP contribution in [0.15, 0.2) is 30.3 Å². The van der Waals surface area contributed by atoms with Gasteiger partial charge in [0, 0.05) is 12.2 Å². The second kappa shape index (κ2) is 14.4. The molecule has 0 fully saturated rings. The van der Waals surface area contributed by atoms with Gasteiger partial charge in [-0.15, -0.1) is 0 Å². The molecule has 1 aromatic carbocycles. The Morgan fingerprint density at radius 1 is 0.938 bits per heavy atom. The lowest BCUT2D eigenvalue weighted by molar-refractivity contribution is -0.141. The highest BCUT2D eigenvalue weighted by molar-refractivity contribution is 7.80. The van der Waals surface area contributed by atoms with Gasteiger partial charge in [-0.1, -0.05) is 30.3 Å². The summed E-state index contributed by atoms with van der Waals surface area (Å²) < 4.78 is 0. The second-order valence-corrected chi connectivity index (χ2v) is 7.83. The molecule has 0 saturated heterocycles. The summed E-state index contributed by atoms with van der Waals surface area (Å²) in [4.78, 5) is 49.1. The summed E-state index contributed by atoms with van der Waals surface area (Å²) in [7, 11) is 0. The van der Waals surface area contributed by atoms with Gasteiger partial charge in [0.1, 0.15) is 18.1 Å². The average Bonchev–Trinajstić information content (AvgIpc) is 2.76. The predicted molar refractivity (Wildman–Crippen MR) is 124 cm³/mol. The number of nitrogens with one attached hydrogen (secondary N) is 3. The van der Waals surface area contributed by atoms with E-state index >= 15 is 0 Å². The fraction of sp³-hybridized carbons (Fsp3) is 0.524. The van der Waals surface area contributed by atoms with E-state index in [9.17, 15) is 24.3 Å². The van der Waals surface area contributed by atoms with E-state index in [2.05, 4.69) is 28.6 Å². The summed E-state index contributed by atoms with van der Waals surface area (Å²) in [6.45, 7) is 1.91. The van der Waals surface area contributed by atoms with Gasteiger partial charge in [0.25, 0.3) is 0 Å². The number of unbranched alkanes of at least 4 members (excludes halogenated alkanes) is 1. The Hall–Kier alpha value is -2.63. The minimum Gasteiger partial charge on any atom is -0.480 e. The van der Waals surface area contributed by atoms with Crippen LogP contribution >= 0.6 is 12.6 Å². The predicted octanol–water partition coefficient (Wildman–Crippen LogP) is -0.826. The van der Waals surface area contributed by atoms with Crippen LogP contribution in [0, 0.1) is 0 Å². The molecule has 3 amide bonds. The van der Waals surface area contributed by atoms with Crippen molar-refractivity contribution in [3.63, 3.8) is 0 Å².